The summed E-state index contributed by atoms with van der Waals surface area (Å²) >= 11 is 1.89. The van der Waals surface area contributed by atoms with Gasteiger partial charge in [0.25, 0.3) is 0 Å². The van der Waals surface area contributed by atoms with Gasteiger partial charge in [0.1, 0.15) is 0 Å². The molecule has 0 bridgehead atoms. The van der Waals surface area contributed by atoms with Crippen molar-refractivity contribution in [2.45, 2.75) is 26.4 Å². The van der Waals surface area contributed by atoms with Crippen LogP contribution in [0.5, 0.6) is 0 Å². The van der Waals surface area contributed by atoms with Crippen LogP contribution >= 0.6 is 11.8 Å². The molecular weight excluding hydrogens is 220 g/mol. The molecule has 0 fully saturated rings. The van der Waals surface area contributed by atoms with Crippen LogP contribution in [0.1, 0.15) is 18.9 Å². The molecule has 2 N–H and O–H groups in total. The van der Waals surface area contributed by atoms with Gasteiger partial charge in [-0.15, -0.1) is 0 Å². The van der Waals surface area contributed by atoms with E-state index in [9.17, 15) is 0 Å². The van der Waals surface area contributed by atoms with E-state index in [0.717, 1.165) is 37.6 Å². The molecule has 0 radical (unpaired) electrons. The fourth-order valence-corrected chi connectivity index (χ4v) is 2.26. The van der Waals surface area contributed by atoms with E-state index in [4.69, 9.17) is 5.11 Å². The molecule has 0 aromatic carbocycles. The zero-order valence-electron chi connectivity index (χ0n) is 9.98. The van der Waals surface area contributed by atoms with Crippen LogP contribution in [0.25, 0.3) is 0 Å². The van der Waals surface area contributed by atoms with Gasteiger partial charge in [-0.2, -0.15) is 11.8 Å². The highest BCUT2D eigenvalue weighted by atomic mass is 32.2. The number of aryl methyl sites for hydroxylation is 1. The van der Waals surface area contributed by atoms with Crippen molar-refractivity contribution < 1.29 is 5.11 Å². The average molecular weight is 242 g/mol. The van der Waals surface area contributed by atoms with Crippen LogP contribution in [-0.2, 0) is 13.1 Å². The SMILES string of the molecule is CCn1ccc(CNCCSCCCO)c1. The van der Waals surface area contributed by atoms with Gasteiger partial charge in [0.05, 0.1) is 0 Å². The highest BCUT2D eigenvalue weighted by Gasteiger charge is 1.95. The Morgan fingerprint density at radius 3 is 3.00 bits per heavy atom. The predicted molar refractivity (Wildman–Crippen MR) is 70.8 cm³/mol. The predicted octanol–water partition coefficient (Wildman–Crippen LogP) is 1.71. The number of aromatic nitrogens is 1. The Morgan fingerprint density at radius 2 is 2.31 bits per heavy atom. The van der Waals surface area contributed by atoms with Crippen LogP contribution in [0.15, 0.2) is 18.5 Å². The summed E-state index contributed by atoms with van der Waals surface area (Å²) in [5.74, 6) is 2.18. The molecule has 0 unspecified atom stereocenters. The van der Waals surface area contributed by atoms with E-state index in [-0.39, 0.29) is 0 Å². The summed E-state index contributed by atoms with van der Waals surface area (Å²) in [6, 6.07) is 2.16. The molecule has 0 spiro atoms. The van der Waals surface area contributed by atoms with E-state index in [2.05, 4.69) is 35.3 Å². The second kappa shape index (κ2) is 8.67. The maximum atomic E-state index is 8.61. The smallest absolute Gasteiger partial charge is 0.0438 e. The van der Waals surface area contributed by atoms with Gasteiger partial charge in [0.2, 0.25) is 0 Å². The van der Waals surface area contributed by atoms with Gasteiger partial charge in [0.15, 0.2) is 0 Å². The van der Waals surface area contributed by atoms with Gasteiger partial charge >= 0.3 is 0 Å². The minimum atomic E-state index is 0.310. The first-order chi connectivity index (χ1) is 7.86. The van der Waals surface area contributed by atoms with Gasteiger partial charge in [-0.05, 0) is 30.7 Å². The zero-order chi connectivity index (χ0) is 11.6. The molecular formula is C12H22N2OS. The monoisotopic (exact) mass is 242 g/mol. The zero-order valence-corrected chi connectivity index (χ0v) is 10.8. The van der Waals surface area contributed by atoms with Crippen LogP contribution < -0.4 is 5.32 Å². The number of aliphatic hydroxyl groups excluding tert-OH is 1. The van der Waals surface area contributed by atoms with Gasteiger partial charge < -0.3 is 15.0 Å². The number of hydrogen-bond donors (Lipinski definition) is 2. The molecule has 1 heterocycles. The largest absolute Gasteiger partial charge is 0.396 e. The highest BCUT2D eigenvalue weighted by molar-refractivity contribution is 7.99. The van der Waals surface area contributed by atoms with Crippen molar-refractivity contribution in [2.24, 2.45) is 0 Å². The Balaban J connectivity index is 1.98. The first-order valence-corrected chi connectivity index (χ1v) is 7.06. The van der Waals surface area contributed by atoms with E-state index in [1.807, 2.05) is 11.8 Å². The Kier molecular flexibility index (Phi) is 7.38. The molecule has 0 saturated heterocycles. The topological polar surface area (TPSA) is 37.2 Å². The molecule has 0 aliphatic heterocycles. The van der Waals surface area contributed by atoms with Crippen LogP contribution in [0.4, 0.5) is 0 Å². The van der Waals surface area contributed by atoms with Crippen molar-refractivity contribution in [1.29, 1.82) is 0 Å². The van der Waals surface area contributed by atoms with Crippen LogP contribution in [0.3, 0.4) is 0 Å². The number of nitrogens with zero attached hydrogens (tertiary/aromatic N) is 1. The second-order valence-corrected chi connectivity index (χ2v) is 4.94. The van der Waals surface area contributed by atoms with Crippen LogP contribution in [0, 0.1) is 0 Å². The third-order valence-electron chi connectivity index (χ3n) is 2.38. The molecule has 0 atom stereocenters. The molecule has 0 aliphatic carbocycles. The Hall–Kier alpha value is -0.450. The minimum Gasteiger partial charge on any atom is -0.396 e. The lowest BCUT2D eigenvalue weighted by Crippen LogP contribution is -2.16. The maximum absolute atomic E-state index is 8.61. The lowest BCUT2D eigenvalue weighted by Gasteiger charge is -2.03. The van der Waals surface area contributed by atoms with E-state index in [0.29, 0.717) is 6.61 Å². The summed E-state index contributed by atoms with van der Waals surface area (Å²) in [4.78, 5) is 0. The van der Waals surface area contributed by atoms with Crippen LogP contribution in [0.2, 0.25) is 0 Å². The molecule has 0 saturated carbocycles. The van der Waals surface area contributed by atoms with Crippen molar-refractivity contribution in [3.8, 4) is 0 Å². The summed E-state index contributed by atoms with van der Waals surface area (Å²) in [5, 5.41) is 12.0. The lowest BCUT2D eigenvalue weighted by atomic mass is 10.3. The van der Waals surface area contributed by atoms with Crippen molar-refractivity contribution in [3.63, 3.8) is 0 Å². The van der Waals surface area contributed by atoms with E-state index < -0.39 is 0 Å². The molecule has 3 nitrogen and oxygen atoms in total. The summed E-state index contributed by atoms with van der Waals surface area (Å²) in [5.41, 5.74) is 1.35. The molecule has 1 aromatic heterocycles. The first kappa shape index (κ1) is 13.6. The van der Waals surface area contributed by atoms with Crippen molar-refractivity contribution in [2.75, 3.05) is 24.7 Å². The molecule has 0 aliphatic rings. The normalized spacial score (nSPS) is 10.9. The Bertz CT molecular complexity index is 276. The fraction of sp³-hybridized carbons (Fsp3) is 0.667. The van der Waals surface area contributed by atoms with E-state index >= 15 is 0 Å². The number of aliphatic hydroxyl groups is 1. The average Bonchev–Trinajstić information content (AvgIpc) is 2.76. The van der Waals surface area contributed by atoms with E-state index in [1.165, 1.54) is 5.56 Å². The molecule has 92 valence electrons. The lowest BCUT2D eigenvalue weighted by molar-refractivity contribution is 0.296. The third-order valence-corrected chi connectivity index (χ3v) is 3.45. The van der Waals surface area contributed by atoms with Crippen molar-refractivity contribution >= 4 is 11.8 Å². The number of hydrogen-bond acceptors (Lipinski definition) is 3. The summed E-state index contributed by atoms with van der Waals surface area (Å²) < 4.78 is 2.19. The Morgan fingerprint density at radius 1 is 1.44 bits per heavy atom. The minimum absolute atomic E-state index is 0.310. The molecule has 1 aromatic rings. The second-order valence-electron chi connectivity index (χ2n) is 3.72. The number of nitrogens with one attached hydrogen (secondary N) is 1. The van der Waals surface area contributed by atoms with Gasteiger partial charge in [0, 0.05) is 44.4 Å². The van der Waals surface area contributed by atoms with Gasteiger partial charge in [-0.1, -0.05) is 0 Å². The number of thioether (sulfide) groups is 1. The highest BCUT2D eigenvalue weighted by Crippen LogP contribution is 2.02. The van der Waals surface area contributed by atoms with Crippen molar-refractivity contribution in [3.05, 3.63) is 24.0 Å². The maximum Gasteiger partial charge on any atom is 0.0438 e. The Labute approximate surface area is 102 Å². The summed E-state index contributed by atoms with van der Waals surface area (Å²) in [7, 11) is 0. The molecule has 0 amide bonds. The standard InChI is InChI=1S/C12H22N2OS/c1-2-14-6-4-12(11-14)10-13-5-9-16-8-3-7-15/h4,6,11,13,15H,2-3,5,7-10H2,1H3. The molecule has 1 rings (SSSR count). The molecule has 16 heavy (non-hydrogen) atoms. The fourth-order valence-electron chi connectivity index (χ4n) is 1.44. The third kappa shape index (κ3) is 5.58. The first-order valence-electron chi connectivity index (χ1n) is 5.90. The molecule has 4 heteroatoms. The van der Waals surface area contributed by atoms with Crippen molar-refractivity contribution in [1.82, 2.24) is 9.88 Å². The quantitative estimate of drug-likeness (QED) is 0.647. The summed E-state index contributed by atoms with van der Waals surface area (Å²) in [6.45, 7) is 5.48. The van der Waals surface area contributed by atoms with Gasteiger partial charge in [-0.25, -0.2) is 0 Å². The van der Waals surface area contributed by atoms with Crippen LogP contribution in [-0.4, -0.2) is 34.3 Å². The summed E-state index contributed by atoms with van der Waals surface area (Å²) in [6.07, 6.45) is 5.21. The number of rotatable bonds is 9. The van der Waals surface area contributed by atoms with E-state index in [1.54, 1.807) is 0 Å². The van der Waals surface area contributed by atoms with Gasteiger partial charge in [-0.3, -0.25) is 0 Å².